The number of aromatic nitrogens is 2. The van der Waals surface area contributed by atoms with Gasteiger partial charge in [0.1, 0.15) is 11.4 Å². The van der Waals surface area contributed by atoms with Gasteiger partial charge in [-0.2, -0.15) is 9.40 Å². The number of rotatable bonds is 5. The van der Waals surface area contributed by atoms with Crippen molar-refractivity contribution in [2.75, 3.05) is 6.54 Å². The molecule has 0 bridgehead atoms. The molecule has 1 unspecified atom stereocenters. The van der Waals surface area contributed by atoms with E-state index in [0.717, 1.165) is 30.4 Å². The number of carboxylic acids is 1. The number of nitrogens with zero attached hydrogens (tertiary/aromatic N) is 3. The van der Waals surface area contributed by atoms with Crippen LogP contribution in [0, 0.1) is 0 Å². The minimum atomic E-state index is -3.58. The fourth-order valence-corrected chi connectivity index (χ4v) is 4.26. The standard InChI is InChI=1S/C12H19N3O4S/c1-2-10-5-3-4-6-15(10)20(18,19)11-7-13-14(8-11)9-12(16)17/h7-8,10H,2-6,9H2,1H3,(H,16,17). The summed E-state index contributed by atoms with van der Waals surface area (Å²) in [5, 5.41) is 12.5. The zero-order chi connectivity index (χ0) is 14.8. The number of hydrogen-bond donors (Lipinski definition) is 1. The topological polar surface area (TPSA) is 92.5 Å². The molecule has 1 atom stereocenters. The Hall–Kier alpha value is -1.41. The van der Waals surface area contributed by atoms with Gasteiger partial charge in [-0.05, 0) is 19.3 Å². The van der Waals surface area contributed by atoms with Crippen LogP contribution in [0.5, 0.6) is 0 Å². The van der Waals surface area contributed by atoms with E-state index in [1.165, 1.54) is 16.7 Å². The van der Waals surface area contributed by atoms with E-state index in [9.17, 15) is 13.2 Å². The lowest BCUT2D eigenvalue weighted by molar-refractivity contribution is -0.137. The highest BCUT2D eigenvalue weighted by atomic mass is 32.2. The van der Waals surface area contributed by atoms with Crippen LogP contribution in [-0.4, -0.2) is 46.2 Å². The highest BCUT2D eigenvalue weighted by Gasteiger charge is 2.33. The molecule has 0 radical (unpaired) electrons. The van der Waals surface area contributed by atoms with Crippen molar-refractivity contribution in [1.82, 2.24) is 14.1 Å². The summed E-state index contributed by atoms with van der Waals surface area (Å²) in [7, 11) is -3.58. The summed E-state index contributed by atoms with van der Waals surface area (Å²) >= 11 is 0. The first-order valence-electron chi connectivity index (χ1n) is 6.71. The SMILES string of the molecule is CCC1CCCCN1S(=O)(=O)c1cnn(CC(=O)O)c1. The van der Waals surface area contributed by atoms with Gasteiger partial charge in [-0.15, -0.1) is 0 Å². The molecule has 1 N–H and O–H groups in total. The van der Waals surface area contributed by atoms with E-state index in [2.05, 4.69) is 5.10 Å². The number of carboxylic acid groups (broad SMARTS) is 1. The summed E-state index contributed by atoms with van der Waals surface area (Å²) in [4.78, 5) is 10.7. The number of carbonyl (C=O) groups is 1. The van der Waals surface area contributed by atoms with E-state index in [1.54, 1.807) is 0 Å². The lowest BCUT2D eigenvalue weighted by atomic mass is 10.0. The molecule has 0 amide bonds. The number of sulfonamides is 1. The Bertz CT molecular complexity index is 581. The Kier molecular flexibility index (Phi) is 4.44. The summed E-state index contributed by atoms with van der Waals surface area (Å²) in [5.41, 5.74) is 0. The molecule has 0 aliphatic carbocycles. The predicted molar refractivity (Wildman–Crippen MR) is 71.7 cm³/mol. The quantitative estimate of drug-likeness (QED) is 0.873. The Morgan fingerprint density at radius 3 is 2.90 bits per heavy atom. The lowest BCUT2D eigenvalue weighted by Gasteiger charge is -2.33. The first-order valence-corrected chi connectivity index (χ1v) is 8.15. The molecule has 1 aromatic rings. The normalized spacial score (nSPS) is 20.9. The van der Waals surface area contributed by atoms with E-state index in [-0.39, 0.29) is 17.5 Å². The zero-order valence-electron chi connectivity index (χ0n) is 11.4. The highest BCUT2D eigenvalue weighted by molar-refractivity contribution is 7.89. The monoisotopic (exact) mass is 301 g/mol. The van der Waals surface area contributed by atoms with Crippen LogP contribution in [0.25, 0.3) is 0 Å². The van der Waals surface area contributed by atoms with Gasteiger partial charge < -0.3 is 5.11 Å². The third-order valence-corrected chi connectivity index (χ3v) is 5.46. The number of hydrogen-bond acceptors (Lipinski definition) is 4. The smallest absolute Gasteiger partial charge is 0.325 e. The van der Waals surface area contributed by atoms with Crippen molar-refractivity contribution in [2.45, 2.75) is 50.1 Å². The number of piperidine rings is 1. The van der Waals surface area contributed by atoms with Crippen molar-refractivity contribution < 1.29 is 18.3 Å². The Morgan fingerprint density at radius 2 is 2.25 bits per heavy atom. The van der Waals surface area contributed by atoms with Crippen LogP contribution in [0.3, 0.4) is 0 Å². The Morgan fingerprint density at radius 1 is 1.50 bits per heavy atom. The molecule has 0 spiro atoms. The minimum absolute atomic E-state index is 0.0246. The van der Waals surface area contributed by atoms with Crippen molar-refractivity contribution in [1.29, 1.82) is 0 Å². The Labute approximate surface area is 118 Å². The fourth-order valence-electron chi connectivity index (χ4n) is 2.54. The Balaban J connectivity index is 2.24. The van der Waals surface area contributed by atoms with E-state index in [1.807, 2.05) is 6.92 Å². The summed E-state index contributed by atoms with van der Waals surface area (Å²) in [5.74, 6) is -1.05. The molecule has 2 heterocycles. The molecular formula is C12H19N3O4S. The molecule has 1 aliphatic heterocycles. The van der Waals surface area contributed by atoms with Crippen LogP contribution in [-0.2, 0) is 21.4 Å². The maximum absolute atomic E-state index is 12.6. The second-order valence-corrected chi connectivity index (χ2v) is 6.83. The van der Waals surface area contributed by atoms with Crippen molar-refractivity contribution >= 4 is 16.0 Å². The predicted octanol–water partition coefficient (Wildman–Crippen LogP) is 0.921. The van der Waals surface area contributed by atoms with Crippen molar-refractivity contribution in [3.05, 3.63) is 12.4 Å². The van der Waals surface area contributed by atoms with Gasteiger partial charge in [-0.1, -0.05) is 13.3 Å². The molecule has 2 rings (SSSR count). The summed E-state index contributed by atoms with van der Waals surface area (Å²) < 4.78 is 27.8. The van der Waals surface area contributed by atoms with Crippen LogP contribution in [0.2, 0.25) is 0 Å². The molecule has 112 valence electrons. The third kappa shape index (κ3) is 3.01. The van der Waals surface area contributed by atoms with Crippen LogP contribution in [0.15, 0.2) is 17.3 Å². The molecule has 1 aliphatic rings. The van der Waals surface area contributed by atoms with Crippen molar-refractivity contribution in [2.24, 2.45) is 0 Å². The average Bonchev–Trinajstić information content (AvgIpc) is 2.87. The molecule has 1 aromatic heterocycles. The fraction of sp³-hybridized carbons (Fsp3) is 0.667. The molecule has 8 heteroatoms. The maximum Gasteiger partial charge on any atom is 0.325 e. The van der Waals surface area contributed by atoms with Crippen LogP contribution in [0.4, 0.5) is 0 Å². The minimum Gasteiger partial charge on any atom is -0.480 e. The highest BCUT2D eigenvalue weighted by Crippen LogP contribution is 2.26. The van der Waals surface area contributed by atoms with Gasteiger partial charge in [0.25, 0.3) is 0 Å². The molecule has 1 fully saturated rings. The van der Waals surface area contributed by atoms with Crippen LogP contribution in [0.1, 0.15) is 32.6 Å². The van der Waals surface area contributed by atoms with E-state index in [0.29, 0.717) is 6.54 Å². The van der Waals surface area contributed by atoms with Gasteiger partial charge in [0.2, 0.25) is 10.0 Å². The van der Waals surface area contributed by atoms with Gasteiger partial charge in [0, 0.05) is 18.8 Å². The molecule has 1 saturated heterocycles. The molecule has 7 nitrogen and oxygen atoms in total. The van der Waals surface area contributed by atoms with Gasteiger partial charge in [-0.3, -0.25) is 9.48 Å². The second-order valence-electron chi connectivity index (χ2n) is 4.94. The average molecular weight is 301 g/mol. The lowest BCUT2D eigenvalue weighted by Crippen LogP contribution is -2.43. The van der Waals surface area contributed by atoms with Crippen molar-refractivity contribution in [3.63, 3.8) is 0 Å². The van der Waals surface area contributed by atoms with E-state index in [4.69, 9.17) is 5.11 Å². The van der Waals surface area contributed by atoms with Gasteiger partial charge in [-0.25, -0.2) is 8.42 Å². The van der Waals surface area contributed by atoms with Gasteiger partial charge >= 0.3 is 5.97 Å². The first-order chi connectivity index (χ1) is 9.45. The van der Waals surface area contributed by atoms with Crippen LogP contribution >= 0.6 is 0 Å². The summed E-state index contributed by atoms with van der Waals surface area (Å²) in [6.07, 6.45) is 6.06. The summed E-state index contributed by atoms with van der Waals surface area (Å²) in [6.45, 7) is 2.16. The van der Waals surface area contributed by atoms with Crippen molar-refractivity contribution in [3.8, 4) is 0 Å². The largest absolute Gasteiger partial charge is 0.480 e. The third-order valence-electron chi connectivity index (χ3n) is 3.56. The maximum atomic E-state index is 12.6. The van der Waals surface area contributed by atoms with Crippen LogP contribution < -0.4 is 0 Å². The van der Waals surface area contributed by atoms with Gasteiger partial charge in [0.05, 0.1) is 6.20 Å². The first kappa shape index (κ1) is 15.0. The number of aliphatic carboxylic acids is 1. The zero-order valence-corrected chi connectivity index (χ0v) is 12.2. The van der Waals surface area contributed by atoms with E-state index < -0.39 is 16.0 Å². The van der Waals surface area contributed by atoms with E-state index >= 15 is 0 Å². The molecule has 20 heavy (non-hydrogen) atoms. The molecule has 0 aromatic carbocycles. The van der Waals surface area contributed by atoms with Gasteiger partial charge in [0.15, 0.2) is 0 Å². The molecular weight excluding hydrogens is 282 g/mol. The summed E-state index contributed by atoms with van der Waals surface area (Å²) in [6, 6.07) is 0.0246. The second kappa shape index (κ2) is 5.92. The molecule has 0 saturated carbocycles.